The summed E-state index contributed by atoms with van der Waals surface area (Å²) in [5, 5.41) is 0.667. The zero-order valence-electron chi connectivity index (χ0n) is 12.7. The highest BCUT2D eigenvalue weighted by Gasteiger charge is 2.30. The first-order chi connectivity index (χ1) is 11.1. The van der Waals surface area contributed by atoms with Crippen LogP contribution < -0.4 is 11.4 Å². The summed E-state index contributed by atoms with van der Waals surface area (Å²) >= 11 is 0. The molecule has 3 rings (SSSR count). The lowest BCUT2D eigenvalue weighted by Gasteiger charge is -2.27. The van der Waals surface area contributed by atoms with Crippen LogP contribution in [0.3, 0.4) is 0 Å². The van der Waals surface area contributed by atoms with Gasteiger partial charge >= 0.3 is 5.63 Å². The van der Waals surface area contributed by atoms with Gasteiger partial charge in [0.15, 0.2) is 0 Å². The zero-order valence-corrected chi connectivity index (χ0v) is 12.7. The van der Waals surface area contributed by atoms with Crippen LogP contribution >= 0.6 is 0 Å². The first kappa shape index (κ1) is 15.3. The second kappa shape index (κ2) is 6.24. The molecule has 1 heterocycles. The summed E-state index contributed by atoms with van der Waals surface area (Å²) in [5.74, 6) is -1.08. The molecule has 0 bridgehead atoms. The van der Waals surface area contributed by atoms with Crippen LogP contribution in [0.15, 0.2) is 39.5 Å². The van der Waals surface area contributed by atoms with Crippen LogP contribution in [0.4, 0.5) is 0 Å². The molecule has 2 aromatic rings. The molecule has 1 aliphatic rings. The quantitative estimate of drug-likeness (QED) is 0.868. The van der Waals surface area contributed by atoms with E-state index in [1.807, 2.05) is 0 Å². The van der Waals surface area contributed by atoms with E-state index in [1.165, 1.54) is 11.0 Å². The van der Waals surface area contributed by atoms with E-state index < -0.39 is 17.4 Å². The average molecular weight is 314 g/mol. The minimum absolute atomic E-state index is 0.0547. The van der Waals surface area contributed by atoms with E-state index >= 15 is 0 Å². The van der Waals surface area contributed by atoms with Crippen LogP contribution in [-0.2, 0) is 4.79 Å². The van der Waals surface area contributed by atoms with Crippen molar-refractivity contribution >= 4 is 22.8 Å². The predicted octanol–water partition coefficient (Wildman–Crippen LogP) is 1.66. The fourth-order valence-corrected chi connectivity index (χ4v) is 3.12. The number of carbonyl (C=O) groups is 2. The Labute approximate surface area is 132 Å². The number of nitrogens with zero attached hydrogens (tertiary/aromatic N) is 1. The molecule has 0 spiro atoms. The monoisotopic (exact) mass is 314 g/mol. The normalized spacial score (nSPS) is 15.0. The summed E-state index contributed by atoms with van der Waals surface area (Å²) in [6.45, 7) is -0.185. The fraction of sp³-hybridized carbons (Fsp3) is 0.353. The summed E-state index contributed by atoms with van der Waals surface area (Å²) in [4.78, 5) is 37.7. The molecule has 1 saturated carbocycles. The maximum absolute atomic E-state index is 12.8. The maximum atomic E-state index is 12.8. The summed E-state index contributed by atoms with van der Waals surface area (Å²) < 4.78 is 5.21. The Morgan fingerprint density at radius 1 is 1.22 bits per heavy atom. The first-order valence-electron chi connectivity index (χ1n) is 7.68. The predicted molar refractivity (Wildman–Crippen MR) is 85.0 cm³/mol. The van der Waals surface area contributed by atoms with Gasteiger partial charge in [-0.2, -0.15) is 0 Å². The molecule has 2 N–H and O–H groups in total. The molecule has 6 heteroatoms. The lowest BCUT2D eigenvalue weighted by Crippen LogP contribution is -2.45. The van der Waals surface area contributed by atoms with Gasteiger partial charge in [-0.3, -0.25) is 9.59 Å². The number of hydrogen-bond donors (Lipinski definition) is 1. The molecule has 0 aliphatic heterocycles. The van der Waals surface area contributed by atoms with Gasteiger partial charge in [-0.15, -0.1) is 0 Å². The molecule has 1 aromatic heterocycles. The van der Waals surface area contributed by atoms with Crippen LogP contribution in [-0.4, -0.2) is 29.3 Å². The first-order valence-corrected chi connectivity index (χ1v) is 7.68. The van der Waals surface area contributed by atoms with E-state index in [0.29, 0.717) is 11.0 Å². The smallest absolute Gasteiger partial charge is 0.349 e. The molecule has 0 radical (unpaired) electrons. The van der Waals surface area contributed by atoms with Gasteiger partial charge in [-0.25, -0.2) is 4.79 Å². The van der Waals surface area contributed by atoms with Crippen molar-refractivity contribution in [3.63, 3.8) is 0 Å². The number of para-hydroxylation sites is 1. The Kier molecular flexibility index (Phi) is 4.14. The third-order valence-corrected chi connectivity index (χ3v) is 4.22. The van der Waals surface area contributed by atoms with Gasteiger partial charge < -0.3 is 15.1 Å². The van der Waals surface area contributed by atoms with Gasteiger partial charge in [0.2, 0.25) is 5.91 Å². The van der Waals surface area contributed by atoms with E-state index in [4.69, 9.17) is 10.2 Å². The number of amides is 2. The van der Waals surface area contributed by atoms with Gasteiger partial charge in [0.1, 0.15) is 11.1 Å². The van der Waals surface area contributed by atoms with Crippen LogP contribution in [0.2, 0.25) is 0 Å². The molecule has 2 amide bonds. The van der Waals surface area contributed by atoms with Gasteiger partial charge in [0.25, 0.3) is 5.91 Å². The minimum Gasteiger partial charge on any atom is -0.422 e. The molecule has 6 nitrogen and oxygen atoms in total. The van der Waals surface area contributed by atoms with Crippen molar-refractivity contribution in [2.45, 2.75) is 31.7 Å². The van der Waals surface area contributed by atoms with E-state index in [1.54, 1.807) is 24.3 Å². The summed E-state index contributed by atoms with van der Waals surface area (Å²) in [7, 11) is 0. The lowest BCUT2D eigenvalue weighted by atomic mass is 10.1. The van der Waals surface area contributed by atoms with Crippen molar-refractivity contribution in [1.29, 1.82) is 0 Å². The van der Waals surface area contributed by atoms with Gasteiger partial charge in [0, 0.05) is 11.4 Å². The molecule has 120 valence electrons. The van der Waals surface area contributed by atoms with Crippen LogP contribution in [0.5, 0.6) is 0 Å². The lowest BCUT2D eigenvalue weighted by molar-refractivity contribution is -0.119. The standard InChI is InChI=1S/C17H18N2O4/c18-15(20)10-19(12-6-2-3-7-12)16(21)13-9-11-5-1-4-8-14(11)23-17(13)22/h1,4-5,8-9,12H,2-3,6-7,10H2,(H2,18,20). The van der Waals surface area contributed by atoms with Crippen LogP contribution in [0.25, 0.3) is 11.0 Å². The second-order valence-corrected chi connectivity index (χ2v) is 5.82. The second-order valence-electron chi connectivity index (χ2n) is 5.82. The van der Waals surface area contributed by atoms with Gasteiger partial charge in [-0.1, -0.05) is 31.0 Å². The third kappa shape index (κ3) is 3.11. The molecule has 1 fully saturated rings. The van der Waals surface area contributed by atoms with Crippen molar-refractivity contribution in [2.24, 2.45) is 5.73 Å². The summed E-state index contributed by atoms with van der Waals surface area (Å²) in [6, 6.07) is 8.46. The number of carbonyl (C=O) groups excluding carboxylic acids is 2. The van der Waals surface area contributed by atoms with Crippen molar-refractivity contribution in [3.05, 3.63) is 46.3 Å². The van der Waals surface area contributed by atoms with Crippen molar-refractivity contribution in [1.82, 2.24) is 4.90 Å². The molecular formula is C17H18N2O4. The number of hydrogen-bond acceptors (Lipinski definition) is 4. The molecule has 1 aliphatic carbocycles. The number of fused-ring (bicyclic) bond motifs is 1. The Balaban J connectivity index is 2.00. The van der Waals surface area contributed by atoms with Crippen molar-refractivity contribution in [2.75, 3.05) is 6.54 Å². The van der Waals surface area contributed by atoms with Crippen LogP contribution in [0, 0.1) is 0 Å². The van der Waals surface area contributed by atoms with Gasteiger partial charge in [-0.05, 0) is 25.0 Å². The summed E-state index contributed by atoms with van der Waals surface area (Å²) in [6.07, 6.45) is 3.63. The molecule has 0 unspecified atom stereocenters. The molecule has 1 aromatic carbocycles. The Morgan fingerprint density at radius 2 is 1.91 bits per heavy atom. The number of benzene rings is 1. The van der Waals surface area contributed by atoms with E-state index in [2.05, 4.69) is 0 Å². The van der Waals surface area contributed by atoms with Crippen LogP contribution in [0.1, 0.15) is 36.0 Å². The number of rotatable bonds is 4. The largest absolute Gasteiger partial charge is 0.422 e. The van der Waals surface area contributed by atoms with Crippen molar-refractivity contribution < 1.29 is 14.0 Å². The molecule has 0 saturated heterocycles. The Hall–Kier alpha value is -2.63. The topological polar surface area (TPSA) is 93.6 Å². The highest BCUT2D eigenvalue weighted by Crippen LogP contribution is 2.25. The molecular weight excluding hydrogens is 296 g/mol. The highest BCUT2D eigenvalue weighted by atomic mass is 16.4. The van der Waals surface area contributed by atoms with Gasteiger partial charge in [0.05, 0.1) is 6.54 Å². The Morgan fingerprint density at radius 3 is 2.61 bits per heavy atom. The number of primary amides is 1. The molecule has 23 heavy (non-hydrogen) atoms. The molecule has 0 atom stereocenters. The SMILES string of the molecule is NC(=O)CN(C(=O)c1cc2ccccc2oc1=O)C1CCCC1. The van der Waals surface area contributed by atoms with E-state index in [9.17, 15) is 14.4 Å². The third-order valence-electron chi connectivity index (χ3n) is 4.22. The minimum atomic E-state index is -0.693. The van der Waals surface area contributed by atoms with E-state index in [-0.39, 0.29) is 18.2 Å². The van der Waals surface area contributed by atoms with Crippen molar-refractivity contribution in [3.8, 4) is 0 Å². The maximum Gasteiger partial charge on any atom is 0.349 e. The average Bonchev–Trinajstić information content (AvgIpc) is 3.05. The summed E-state index contributed by atoms with van der Waals surface area (Å²) in [5.41, 5.74) is 4.95. The Bertz CT molecular complexity index is 806. The fourth-order valence-electron chi connectivity index (χ4n) is 3.12. The zero-order chi connectivity index (χ0) is 16.4. The van der Waals surface area contributed by atoms with E-state index in [0.717, 1.165) is 25.7 Å². The highest BCUT2D eigenvalue weighted by molar-refractivity contribution is 5.98. The number of nitrogens with two attached hydrogens (primary N) is 1.